The van der Waals surface area contributed by atoms with Gasteiger partial charge < -0.3 is 0 Å². The average molecular weight is 309 g/mol. The van der Waals surface area contributed by atoms with E-state index in [9.17, 15) is 4.79 Å². The van der Waals surface area contributed by atoms with Crippen LogP contribution in [0.25, 0.3) is 5.69 Å². The molecule has 1 aromatic heterocycles. The second kappa shape index (κ2) is 6.07. The summed E-state index contributed by atoms with van der Waals surface area (Å²) in [6.07, 6.45) is 0.683. The number of nitrogens with one attached hydrogen (secondary N) is 1. The van der Waals surface area contributed by atoms with Gasteiger partial charge in [-0.1, -0.05) is 30.3 Å². The molecule has 0 aliphatic rings. The highest BCUT2D eigenvalue weighted by molar-refractivity contribution is 7.71. The minimum absolute atomic E-state index is 0.0480. The average Bonchev–Trinajstić information content (AvgIpc) is 2.89. The molecule has 1 heterocycles. The van der Waals surface area contributed by atoms with Gasteiger partial charge >= 0.3 is 0 Å². The van der Waals surface area contributed by atoms with E-state index in [4.69, 9.17) is 12.2 Å². The first-order chi connectivity index (χ1) is 10.6. The van der Waals surface area contributed by atoms with E-state index in [0.29, 0.717) is 16.8 Å². The van der Waals surface area contributed by atoms with Crippen LogP contribution in [0.3, 0.4) is 0 Å². The van der Waals surface area contributed by atoms with E-state index in [2.05, 4.69) is 22.3 Å². The Balaban J connectivity index is 1.99. The summed E-state index contributed by atoms with van der Waals surface area (Å²) in [5.41, 5.74) is 2.75. The number of carbonyl (C=O) groups excluding carboxylic acids is 1. The molecule has 1 N–H and O–H groups in total. The highest BCUT2D eigenvalue weighted by Crippen LogP contribution is 2.15. The number of nitrogens with zero attached hydrogens (tertiary/aromatic N) is 2. The SMILES string of the molecule is CC(=O)c1ccc(-n2c(Cc3ccccc3)n[nH]c2=S)cc1. The molecule has 22 heavy (non-hydrogen) atoms. The molecule has 110 valence electrons. The normalized spacial score (nSPS) is 10.6. The molecule has 0 atom stereocenters. The summed E-state index contributed by atoms with van der Waals surface area (Å²) in [6, 6.07) is 17.5. The fourth-order valence-electron chi connectivity index (χ4n) is 2.34. The van der Waals surface area contributed by atoms with Crippen LogP contribution in [0, 0.1) is 4.77 Å². The lowest BCUT2D eigenvalue weighted by Crippen LogP contribution is -2.03. The number of benzene rings is 2. The Morgan fingerprint density at radius 2 is 1.82 bits per heavy atom. The first-order valence-electron chi connectivity index (χ1n) is 6.97. The van der Waals surface area contributed by atoms with Gasteiger partial charge in [-0.3, -0.25) is 14.5 Å². The number of carbonyl (C=O) groups is 1. The molecule has 0 saturated heterocycles. The predicted molar refractivity (Wildman–Crippen MR) is 88.0 cm³/mol. The van der Waals surface area contributed by atoms with Gasteiger partial charge in [0.1, 0.15) is 5.82 Å². The van der Waals surface area contributed by atoms with E-state index in [1.807, 2.05) is 34.9 Å². The van der Waals surface area contributed by atoms with Gasteiger partial charge in [-0.2, -0.15) is 5.10 Å². The second-order valence-corrected chi connectivity index (χ2v) is 5.43. The van der Waals surface area contributed by atoms with Gasteiger partial charge in [0.25, 0.3) is 0 Å². The lowest BCUT2D eigenvalue weighted by Gasteiger charge is -2.07. The number of aromatic amines is 1. The standard InChI is InChI=1S/C17H15N3OS/c1-12(21)14-7-9-15(10-8-14)20-16(18-19-17(20)22)11-13-5-3-2-4-6-13/h2-10H,11H2,1H3,(H,19,22). The summed E-state index contributed by atoms with van der Waals surface area (Å²) in [6.45, 7) is 1.55. The largest absolute Gasteiger partial charge is 0.295 e. The molecule has 5 heteroatoms. The van der Waals surface area contributed by atoms with Gasteiger partial charge in [-0.25, -0.2) is 0 Å². The summed E-state index contributed by atoms with van der Waals surface area (Å²) >= 11 is 5.33. The second-order valence-electron chi connectivity index (χ2n) is 5.05. The van der Waals surface area contributed by atoms with Crippen LogP contribution in [0.1, 0.15) is 28.7 Å². The Kier molecular flexibility index (Phi) is 3.98. The van der Waals surface area contributed by atoms with Crippen molar-refractivity contribution in [2.24, 2.45) is 0 Å². The number of H-pyrrole nitrogens is 1. The van der Waals surface area contributed by atoms with Gasteiger partial charge in [0.2, 0.25) is 0 Å². The summed E-state index contributed by atoms with van der Waals surface area (Å²) < 4.78 is 2.44. The first kappa shape index (κ1) is 14.4. The minimum Gasteiger partial charge on any atom is -0.295 e. The number of hydrogen-bond donors (Lipinski definition) is 1. The molecule has 0 aliphatic heterocycles. The van der Waals surface area contributed by atoms with Gasteiger partial charge in [0.15, 0.2) is 10.6 Å². The molecular weight excluding hydrogens is 294 g/mol. The fraction of sp³-hybridized carbons (Fsp3) is 0.118. The zero-order valence-corrected chi connectivity index (χ0v) is 12.9. The highest BCUT2D eigenvalue weighted by atomic mass is 32.1. The third-order valence-corrected chi connectivity index (χ3v) is 3.75. The topological polar surface area (TPSA) is 50.7 Å². The lowest BCUT2D eigenvalue weighted by atomic mass is 10.1. The van der Waals surface area contributed by atoms with Gasteiger partial charge in [-0.05, 0) is 49.0 Å². The molecule has 0 amide bonds. The Hall–Kier alpha value is -2.53. The van der Waals surface area contributed by atoms with Crippen LogP contribution in [0.15, 0.2) is 54.6 Å². The molecule has 0 unspecified atom stereocenters. The van der Waals surface area contributed by atoms with Crippen molar-refractivity contribution in [2.75, 3.05) is 0 Å². The van der Waals surface area contributed by atoms with Gasteiger partial charge in [-0.15, -0.1) is 0 Å². The molecule has 3 rings (SSSR count). The maximum absolute atomic E-state index is 11.4. The molecule has 0 fully saturated rings. The van der Waals surface area contributed by atoms with Crippen LogP contribution >= 0.6 is 12.2 Å². The Morgan fingerprint density at radius 1 is 1.14 bits per heavy atom. The third-order valence-electron chi connectivity index (χ3n) is 3.48. The van der Waals surface area contributed by atoms with E-state index in [1.165, 1.54) is 0 Å². The quantitative estimate of drug-likeness (QED) is 0.590. The molecule has 0 aliphatic carbocycles. The van der Waals surface area contributed by atoms with Crippen molar-refractivity contribution in [2.45, 2.75) is 13.3 Å². The number of aromatic nitrogens is 3. The molecule has 2 aromatic carbocycles. The minimum atomic E-state index is 0.0480. The van der Waals surface area contributed by atoms with Crippen LogP contribution in [-0.4, -0.2) is 20.5 Å². The molecule has 0 spiro atoms. The maximum Gasteiger partial charge on any atom is 0.199 e. The zero-order valence-electron chi connectivity index (χ0n) is 12.1. The monoisotopic (exact) mass is 309 g/mol. The molecule has 0 radical (unpaired) electrons. The lowest BCUT2D eigenvalue weighted by molar-refractivity contribution is 0.101. The van der Waals surface area contributed by atoms with Crippen molar-refractivity contribution < 1.29 is 4.79 Å². The van der Waals surface area contributed by atoms with Crippen LogP contribution in [-0.2, 0) is 6.42 Å². The van der Waals surface area contributed by atoms with E-state index in [-0.39, 0.29) is 5.78 Å². The van der Waals surface area contributed by atoms with Crippen LogP contribution in [0.5, 0.6) is 0 Å². The molecule has 0 saturated carbocycles. The summed E-state index contributed by atoms with van der Waals surface area (Å²) in [4.78, 5) is 11.4. The van der Waals surface area contributed by atoms with Crippen molar-refractivity contribution in [1.82, 2.24) is 14.8 Å². The Bertz CT molecular complexity index is 848. The summed E-state index contributed by atoms with van der Waals surface area (Å²) in [5, 5.41) is 7.17. The molecular formula is C17H15N3OS. The maximum atomic E-state index is 11.4. The highest BCUT2D eigenvalue weighted by Gasteiger charge is 2.09. The van der Waals surface area contributed by atoms with Crippen molar-refractivity contribution in [1.29, 1.82) is 0 Å². The zero-order chi connectivity index (χ0) is 15.5. The van der Waals surface area contributed by atoms with Crippen molar-refractivity contribution in [3.8, 4) is 5.69 Å². The van der Waals surface area contributed by atoms with E-state index >= 15 is 0 Å². The van der Waals surface area contributed by atoms with Crippen molar-refractivity contribution in [3.63, 3.8) is 0 Å². The summed E-state index contributed by atoms with van der Waals surface area (Å²) in [5.74, 6) is 0.888. The van der Waals surface area contributed by atoms with Crippen molar-refractivity contribution in [3.05, 3.63) is 76.3 Å². The molecule has 3 aromatic rings. The Labute approximate surface area is 133 Å². The molecule has 0 bridgehead atoms. The van der Waals surface area contributed by atoms with E-state index < -0.39 is 0 Å². The van der Waals surface area contributed by atoms with Crippen LogP contribution in [0.4, 0.5) is 0 Å². The van der Waals surface area contributed by atoms with Crippen LogP contribution in [0.2, 0.25) is 0 Å². The van der Waals surface area contributed by atoms with Crippen LogP contribution < -0.4 is 0 Å². The van der Waals surface area contributed by atoms with E-state index in [0.717, 1.165) is 17.1 Å². The third kappa shape index (κ3) is 2.89. The van der Waals surface area contributed by atoms with Gasteiger partial charge in [0.05, 0.1) is 0 Å². The smallest absolute Gasteiger partial charge is 0.199 e. The number of ketones is 1. The predicted octanol–water partition coefficient (Wildman–Crippen LogP) is 3.72. The summed E-state index contributed by atoms with van der Waals surface area (Å²) in [7, 11) is 0. The van der Waals surface area contributed by atoms with Crippen molar-refractivity contribution >= 4 is 18.0 Å². The Morgan fingerprint density at radius 3 is 2.45 bits per heavy atom. The van der Waals surface area contributed by atoms with Gasteiger partial charge in [0, 0.05) is 17.7 Å². The van der Waals surface area contributed by atoms with E-state index in [1.54, 1.807) is 19.1 Å². The number of hydrogen-bond acceptors (Lipinski definition) is 3. The molecule has 4 nitrogen and oxygen atoms in total. The number of rotatable bonds is 4. The first-order valence-corrected chi connectivity index (χ1v) is 7.37. The fourth-order valence-corrected chi connectivity index (χ4v) is 2.59. The number of Topliss-reactive ketones (excluding diaryl/α,β-unsaturated/α-hetero) is 1.